The molecule has 2 amide bonds. The van der Waals surface area contributed by atoms with Crippen LogP contribution in [0.15, 0.2) is 29.8 Å². The van der Waals surface area contributed by atoms with Crippen LogP contribution < -0.4 is 11.1 Å². The van der Waals surface area contributed by atoms with Crippen molar-refractivity contribution in [3.05, 3.63) is 47.0 Å². The van der Waals surface area contributed by atoms with E-state index in [4.69, 9.17) is 12.2 Å². The molecule has 0 saturated carbocycles. The van der Waals surface area contributed by atoms with Crippen molar-refractivity contribution in [3.63, 3.8) is 0 Å². The number of carbonyl (C=O) groups is 2. The van der Waals surface area contributed by atoms with Crippen molar-refractivity contribution in [2.45, 2.75) is 84.7 Å². The molecule has 1 aromatic rings. The van der Waals surface area contributed by atoms with Gasteiger partial charge in [-0.25, -0.2) is 8.78 Å². The van der Waals surface area contributed by atoms with Crippen LogP contribution in [0.1, 0.15) is 77.7 Å². The Bertz CT molecular complexity index is 1030. The van der Waals surface area contributed by atoms with Gasteiger partial charge in [0.1, 0.15) is 11.6 Å². The third kappa shape index (κ3) is 9.15. The average molecular weight is 546 g/mol. The molecule has 216 valence electrons. The van der Waals surface area contributed by atoms with Crippen molar-refractivity contribution in [2.75, 3.05) is 26.2 Å². The van der Waals surface area contributed by atoms with Gasteiger partial charge in [0.25, 0.3) is 0 Å². The van der Waals surface area contributed by atoms with Crippen LogP contribution in [0, 0.1) is 34.8 Å². The number of nitrogens with two attached hydrogens (primary N) is 1. The highest BCUT2D eigenvalue weighted by molar-refractivity contribution is 5.88. The Balaban J connectivity index is 2.45. The molecule has 1 aromatic carbocycles. The molecule has 0 saturated heterocycles. The fourth-order valence-corrected chi connectivity index (χ4v) is 6.05. The molecule has 1 unspecified atom stereocenters. The van der Waals surface area contributed by atoms with Crippen LogP contribution in [0.4, 0.5) is 8.78 Å². The lowest BCUT2D eigenvalue weighted by molar-refractivity contribution is -0.148. The van der Waals surface area contributed by atoms with Crippen molar-refractivity contribution in [1.82, 2.24) is 10.2 Å². The van der Waals surface area contributed by atoms with E-state index in [1.54, 1.807) is 6.08 Å². The molecule has 0 bridgehead atoms. The van der Waals surface area contributed by atoms with Gasteiger partial charge in [-0.05, 0) is 82.5 Å². The first kappa shape index (κ1) is 32.5. The number of nitrogens with zero attached hydrogens (tertiary/aromatic N) is 1. The minimum absolute atomic E-state index is 0.0472. The highest BCUT2D eigenvalue weighted by Crippen LogP contribution is 2.50. The fourth-order valence-electron chi connectivity index (χ4n) is 6.05. The second kappa shape index (κ2) is 15.1. The van der Waals surface area contributed by atoms with Crippen LogP contribution in [0.25, 0.3) is 0 Å². The Morgan fingerprint density at radius 3 is 2.38 bits per heavy atom. The molecule has 39 heavy (non-hydrogen) atoms. The summed E-state index contributed by atoms with van der Waals surface area (Å²) in [7, 11) is 0. The number of primary amides is 1. The van der Waals surface area contributed by atoms with Gasteiger partial charge in [-0.15, -0.1) is 12.3 Å². The molecule has 6 nitrogen and oxygen atoms in total. The van der Waals surface area contributed by atoms with Crippen LogP contribution in [-0.4, -0.2) is 54.1 Å². The standard InChI is InChI=1S/C31H45F2N3O3/c1-5-8-9-10-11-35-21-27(37)20-31(29(39)36(12-6-2)13-7-3)18-23(4)17-30(22-31,28(34)38)19-24-14-25(32)16-26(33)15-24/h1,14-17,27,35,37H,6-13,18-22H2,2-4H3,(H2,34,38)/t27-,30+,31?/m1/s1. The number of carbonyl (C=O) groups excluding carboxylic acids is 2. The summed E-state index contributed by atoms with van der Waals surface area (Å²) in [4.78, 5) is 29.2. The summed E-state index contributed by atoms with van der Waals surface area (Å²) in [6.45, 7) is 7.92. The third-order valence-electron chi connectivity index (χ3n) is 7.39. The molecule has 0 spiro atoms. The maximum absolute atomic E-state index is 14.3. The summed E-state index contributed by atoms with van der Waals surface area (Å²) in [5.74, 6) is 0.331. The van der Waals surface area contributed by atoms with E-state index in [0.29, 0.717) is 32.5 Å². The number of benzene rings is 1. The summed E-state index contributed by atoms with van der Waals surface area (Å²) in [6, 6.07) is 3.16. The molecule has 0 heterocycles. The highest BCUT2D eigenvalue weighted by atomic mass is 19.1. The van der Waals surface area contributed by atoms with Crippen molar-refractivity contribution < 1.29 is 23.5 Å². The Kier molecular flexibility index (Phi) is 12.6. The van der Waals surface area contributed by atoms with Gasteiger partial charge in [-0.1, -0.05) is 25.5 Å². The molecule has 0 aromatic heterocycles. The minimum Gasteiger partial charge on any atom is -0.392 e. The zero-order chi connectivity index (χ0) is 29.1. The van der Waals surface area contributed by atoms with E-state index in [1.807, 2.05) is 25.7 Å². The molecule has 2 rings (SSSR count). The SMILES string of the molecule is C#CCCCCNC[C@H](O)CC1(C(=O)N(CCC)CCC)CC(C)=C[C@@](Cc2cc(F)cc(F)c2)(C(N)=O)C1. The number of allylic oxidation sites excluding steroid dienone is 1. The molecule has 1 aliphatic carbocycles. The molecular formula is C31H45F2N3O3. The lowest BCUT2D eigenvalue weighted by atomic mass is 9.59. The number of aliphatic hydroxyl groups is 1. The maximum atomic E-state index is 14.3. The second-order valence-corrected chi connectivity index (χ2v) is 11.1. The summed E-state index contributed by atoms with van der Waals surface area (Å²) in [6.07, 6.45) is 10.7. The Hall–Kier alpha value is -2.76. The Labute approximate surface area is 232 Å². The molecule has 1 aliphatic rings. The van der Waals surface area contributed by atoms with Gasteiger partial charge in [-0.3, -0.25) is 9.59 Å². The van der Waals surface area contributed by atoms with Gasteiger partial charge in [0, 0.05) is 32.1 Å². The van der Waals surface area contributed by atoms with Crippen molar-refractivity contribution in [1.29, 1.82) is 0 Å². The van der Waals surface area contributed by atoms with E-state index in [-0.39, 0.29) is 37.3 Å². The number of halogens is 2. The van der Waals surface area contributed by atoms with E-state index in [2.05, 4.69) is 11.2 Å². The number of hydrogen-bond acceptors (Lipinski definition) is 4. The molecule has 3 atom stereocenters. The van der Waals surface area contributed by atoms with E-state index >= 15 is 0 Å². The largest absolute Gasteiger partial charge is 0.392 e. The molecule has 0 fully saturated rings. The maximum Gasteiger partial charge on any atom is 0.229 e. The molecular weight excluding hydrogens is 500 g/mol. The van der Waals surface area contributed by atoms with Crippen LogP contribution >= 0.6 is 0 Å². The fraction of sp³-hybridized carbons (Fsp3) is 0.613. The van der Waals surface area contributed by atoms with Crippen LogP contribution in [0.3, 0.4) is 0 Å². The first-order valence-corrected chi connectivity index (χ1v) is 14.1. The van der Waals surface area contributed by atoms with Crippen molar-refractivity contribution in [3.8, 4) is 12.3 Å². The summed E-state index contributed by atoms with van der Waals surface area (Å²) in [5, 5.41) is 14.4. The third-order valence-corrected chi connectivity index (χ3v) is 7.39. The Morgan fingerprint density at radius 2 is 1.82 bits per heavy atom. The normalized spacial score (nSPS) is 21.6. The first-order valence-electron chi connectivity index (χ1n) is 14.1. The number of nitrogens with one attached hydrogen (secondary N) is 1. The van der Waals surface area contributed by atoms with Crippen molar-refractivity contribution >= 4 is 11.8 Å². The lowest BCUT2D eigenvalue weighted by Crippen LogP contribution is -2.54. The van der Waals surface area contributed by atoms with E-state index in [9.17, 15) is 23.5 Å². The topological polar surface area (TPSA) is 95.7 Å². The highest BCUT2D eigenvalue weighted by Gasteiger charge is 2.52. The second-order valence-electron chi connectivity index (χ2n) is 11.1. The van der Waals surface area contributed by atoms with Gasteiger partial charge >= 0.3 is 0 Å². The number of amides is 2. The monoisotopic (exact) mass is 545 g/mol. The quantitative estimate of drug-likeness (QED) is 0.162. The smallest absolute Gasteiger partial charge is 0.229 e. The molecule has 4 N–H and O–H groups in total. The van der Waals surface area contributed by atoms with E-state index < -0.39 is 34.5 Å². The van der Waals surface area contributed by atoms with E-state index in [1.165, 1.54) is 12.1 Å². The summed E-state index contributed by atoms with van der Waals surface area (Å²) < 4.78 is 28.1. The van der Waals surface area contributed by atoms with Gasteiger partial charge in [-0.2, -0.15) is 0 Å². The zero-order valence-electron chi connectivity index (χ0n) is 23.7. The van der Waals surface area contributed by atoms with Gasteiger partial charge < -0.3 is 21.1 Å². The van der Waals surface area contributed by atoms with E-state index in [0.717, 1.165) is 37.3 Å². The number of rotatable bonds is 16. The van der Waals surface area contributed by atoms with Crippen LogP contribution in [0.5, 0.6) is 0 Å². The predicted octanol–water partition coefficient (Wildman–Crippen LogP) is 4.50. The van der Waals surface area contributed by atoms with Gasteiger partial charge in [0.15, 0.2) is 0 Å². The van der Waals surface area contributed by atoms with Crippen LogP contribution in [-0.2, 0) is 16.0 Å². The lowest BCUT2D eigenvalue weighted by Gasteiger charge is -2.47. The number of aliphatic hydroxyl groups excluding tert-OH is 1. The number of hydrogen-bond donors (Lipinski definition) is 3. The number of terminal acetylenes is 1. The zero-order valence-corrected chi connectivity index (χ0v) is 23.7. The molecule has 8 heteroatoms. The predicted molar refractivity (Wildman–Crippen MR) is 150 cm³/mol. The van der Waals surface area contributed by atoms with Crippen molar-refractivity contribution in [2.24, 2.45) is 16.6 Å². The first-order chi connectivity index (χ1) is 18.5. The molecule has 0 aliphatic heterocycles. The number of unbranched alkanes of at least 4 members (excludes halogenated alkanes) is 2. The minimum atomic E-state index is -1.34. The summed E-state index contributed by atoms with van der Waals surface area (Å²) in [5.41, 5.74) is 4.61. The van der Waals surface area contributed by atoms with Gasteiger partial charge in [0.05, 0.1) is 16.9 Å². The Morgan fingerprint density at radius 1 is 1.18 bits per heavy atom. The molecule has 0 radical (unpaired) electrons. The average Bonchev–Trinajstić information content (AvgIpc) is 2.84. The van der Waals surface area contributed by atoms with Gasteiger partial charge in [0.2, 0.25) is 11.8 Å². The van der Waals surface area contributed by atoms with Crippen LogP contribution in [0.2, 0.25) is 0 Å². The summed E-state index contributed by atoms with van der Waals surface area (Å²) >= 11 is 0.